The van der Waals surface area contributed by atoms with Crippen molar-refractivity contribution < 1.29 is 4.74 Å². The second-order valence-corrected chi connectivity index (χ2v) is 6.86. The number of aryl methyl sites for hydroxylation is 2. The van der Waals surface area contributed by atoms with E-state index in [-0.39, 0.29) is 6.04 Å². The van der Waals surface area contributed by atoms with E-state index < -0.39 is 0 Å². The lowest BCUT2D eigenvalue weighted by molar-refractivity contribution is 0.0835. The van der Waals surface area contributed by atoms with Crippen molar-refractivity contribution >= 4 is 0 Å². The molecule has 0 radical (unpaired) electrons. The summed E-state index contributed by atoms with van der Waals surface area (Å²) < 4.78 is 9.66. The molecule has 2 aromatic heterocycles. The van der Waals surface area contributed by atoms with Gasteiger partial charge in [0.2, 0.25) is 0 Å². The number of rotatable bonds is 6. The minimum absolute atomic E-state index is 0.106. The molecule has 3 aromatic rings. The average molecular weight is 351 g/mol. The highest BCUT2D eigenvalue weighted by molar-refractivity contribution is 5.15. The Balaban J connectivity index is 1.60. The quantitative estimate of drug-likeness (QED) is 0.684. The third kappa shape index (κ3) is 3.70. The Kier molecular flexibility index (Phi) is 5.11. The first-order valence-corrected chi connectivity index (χ1v) is 9.35. The molecule has 0 amide bonds. The number of ether oxygens (including phenoxy) is 1. The molecular weight excluding hydrogens is 326 g/mol. The van der Waals surface area contributed by atoms with E-state index in [1.54, 1.807) is 6.20 Å². The number of hydrogen-bond donors (Lipinski definition) is 0. The van der Waals surface area contributed by atoms with Gasteiger partial charge in [-0.15, -0.1) is 0 Å². The van der Waals surface area contributed by atoms with Gasteiger partial charge in [-0.3, -0.25) is 0 Å². The predicted octanol–water partition coefficient (Wildman–Crippen LogP) is 3.22. The molecule has 4 rings (SSSR count). The van der Waals surface area contributed by atoms with Crippen molar-refractivity contribution in [2.24, 2.45) is 0 Å². The lowest BCUT2D eigenvalue weighted by Crippen LogP contribution is -2.15. The van der Waals surface area contributed by atoms with E-state index in [0.29, 0.717) is 5.92 Å². The zero-order valence-electron chi connectivity index (χ0n) is 15.2. The van der Waals surface area contributed by atoms with Crippen LogP contribution >= 0.6 is 0 Å². The summed E-state index contributed by atoms with van der Waals surface area (Å²) in [4.78, 5) is 9.13. The Hall–Kier alpha value is -2.47. The van der Waals surface area contributed by atoms with Crippen LogP contribution < -0.4 is 0 Å². The van der Waals surface area contributed by atoms with Gasteiger partial charge in [0.15, 0.2) is 5.82 Å². The van der Waals surface area contributed by atoms with Crippen LogP contribution in [0.5, 0.6) is 0 Å². The lowest BCUT2D eigenvalue weighted by atomic mass is 10.00. The van der Waals surface area contributed by atoms with E-state index in [4.69, 9.17) is 14.8 Å². The largest absolute Gasteiger partial charge is 0.381 e. The summed E-state index contributed by atoms with van der Waals surface area (Å²) in [5.74, 6) is 2.36. The summed E-state index contributed by atoms with van der Waals surface area (Å²) in [6.45, 7) is 4.58. The molecule has 136 valence electrons. The van der Waals surface area contributed by atoms with E-state index in [1.807, 2.05) is 12.5 Å². The van der Waals surface area contributed by atoms with Crippen LogP contribution in [0.25, 0.3) is 0 Å². The zero-order valence-corrected chi connectivity index (χ0v) is 15.2. The molecule has 0 unspecified atom stereocenters. The Bertz CT molecular complexity index is 806. The van der Waals surface area contributed by atoms with Crippen LogP contribution in [0.4, 0.5) is 0 Å². The number of benzene rings is 1. The molecule has 0 spiro atoms. The van der Waals surface area contributed by atoms with Gasteiger partial charge in [0, 0.05) is 38.1 Å². The van der Waals surface area contributed by atoms with Crippen LogP contribution in [0.1, 0.15) is 48.9 Å². The molecule has 0 saturated carbocycles. The number of nitrogens with zero attached hydrogens (tertiary/aromatic N) is 5. The zero-order chi connectivity index (χ0) is 17.8. The van der Waals surface area contributed by atoms with Gasteiger partial charge in [-0.1, -0.05) is 30.3 Å². The molecule has 1 atom stereocenters. The lowest BCUT2D eigenvalue weighted by Gasteiger charge is -2.18. The van der Waals surface area contributed by atoms with Crippen LogP contribution in [0.15, 0.2) is 49.1 Å². The summed E-state index contributed by atoms with van der Waals surface area (Å²) in [7, 11) is 0. The molecule has 1 aromatic carbocycles. The number of aromatic nitrogens is 5. The van der Waals surface area contributed by atoms with Gasteiger partial charge in [0.1, 0.15) is 5.82 Å². The molecule has 26 heavy (non-hydrogen) atoms. The summed E-state index contributed by atoms with van der Waals surface area (Å²) in [6, 6.07) is 10.6. The van der Waals surface area contributed by atoms with Crippen molar-refractivity contribution in [2.45, 2.75) is 44.7 Å². The fourth-order valence-corrected chi connectivity index (χ4v) is 3.49. The van der Waals surface area contributed by atoms with Gasteiger partial charge in [0.05, 0.1) is 12.4 Å². The highest BCUT2D eigenvalue weighted by Crippen LogP contribution is 2.26. The van der Waals surface area contributed by atoms with Gasteiger partial charge in [0.25, 0.3) is 0 Å². The molecule has 0 N–H and O–H groups in total. The van der Waals surface area contributed by atoms with Crippen LogP contribution in [-0.2, 0) is 17.7 Å². The molecule has 1 fully saturated rings. The van der Waals surface area contributed by atoms with Gasteiger partial charge in [-0.25, -0.2) is 14.6 Å². The average Bonchev–Trinajstić information content (AvgIpc) is 3.38. The van der Waals surface area contributed by atoms with Crippen molar-refractivity contribution in [1.29, 1.82) is 0 Å². The molecular formula is C20H25N5O. The van der Waals surface area contributed by atoms with Gasteiger partial charge < -0.3 is 9.30 Å². The third-order valence-corrected chi connectivity index (χ3v) is 5.10. The molecule has 1 aliphatic heterocycles. The maximum Gasteiger partial charge on any atom is 0.154 e. The monoisotopic (exact) mass is 351 g/mol. The van der Waals surface area contributed by atoms with E-state index in [2.05, 4.69) is 51.5 Å². The van der Waals surface area contributed by atoms with Crippen molar-refractivity contribution in [1.82, 2.24) is 24.3 Å². The smallest absolute Gasteiger partial charge is 0.154 e. The van der Waals surface area contributed by atoms with Crippen LogP contribution in [0.2, 0.25) is 0 Å². The van der Waals surface area contributed by atoms with E-state index in [1.165, 1.54) is 5.56 Å². The van der Waals surface area contributed by atoms with Crippen molar-refractivity contribution in [3.63, 3.8) is 0 Å². The van der Waals surface area contributed by atoms with E-state index in [9.17, 15) is 0 Å². The summed E-state index contributed by atoms with van der Waals surface area (Å²) >= 11 is 0. The number of imidazole rings is 1. The molecule has 0 aliphatic carbocycles. The SMILES string of the molecule is C[C@H](c1nc(C2CCOCC2)nn1CCc1ccccc1)n1ccnc1. The van der Waals surface area contributed by atoms with E-state index >= 15 is 0 Å². The maximum atomic E-state index is 5.50. The Morgan fingerprint density at radius 1 is 1.19 bits per heavy atom. The second-order valence-electron chi connectivity index (χ2n) is 6.86. The first kappa shape index (κ1) is 17.0. The number of hydrogen-bond acceptors (Lipinski definition) is 4. The fourth-order valence-electron chi connectivity index (χ4n) is 3.49. The topological polar surface area (TPSA) is 57.8 Å². The van der Waals surface area contributed by atoms with Gasteiger partial charge >= 0.3 is 0 Å². The molecule has 3 heterocycles. The first-order valence-electron chi connectivity index (χ1n) is 9.35. The second kappa shape index (κ2) is 7.83. The summed E-state index contributed by atoms with van der Waals surface area (Å²) in [5, 5.41) is 4.90. The minimum Gasteiger partial charge on any atom is -0.381 e. The molecule has 6 heteroatoms. The van der Waals surface area contributed by atoms with Crippen LogP contribution in [-0.4, -0.2) is 37.5 Å². The molecule has 1 saturated heterocycles. The van der Waals surface area contributed by atoms with Gasteiger partial charge in [-0.05, 0) is 31.7 Å². The predicted molar refractivity (Wildman–Crippen MR) is 99.0 cm³/mol. The highest BCUT2D eigenvalue weighted by Gasteiger charge is 2.24. The Morgan fingerprint density at radius 3 is 2.73 bits per heavy atom. The van der Waals surface area contributed by atoms with Crippen molar-refractivity contribution in [2.75, 3.05) is 13.2 Å². The standard InChI is InChI=1S/C20H25N5O/c1-16(24-12-10-21-15-24)20-22-19(18-8-13-26-14-9-18)23-25(20)11-7-17-5-3-2-4-6-17/h2-6,10,12,15-16,18H,7-9,11,13-14H2,1H3/t16-/m1/s1. The van der Waals surface area contributed by atoms with Crippen molar-refractivity contribution in [3.8, 4) is 0 Å². The minimum atomic E-state index is 0.106. The van der Waals surface area contributed by atoms with Crippen LogP contribution in [0, 0.1) is 0 Å². The summed E-state index contributed by atoms with van der Waals surface area (Å²) in [5.41, 5.74) is 1.32. The van der Waals surface area contributed by atoms with Gasteiger partial charge in [-0.2, -0.15) is 5.10 Å². The summed E-state index contributed by atoms with van der Waals surface area (Å²) in [6.07, 6.45) is 8.58. The Morgan fingerprint density at radius 2 is 2.00 bits per heavy atom. The fraction of sp³-hybridized carbons (Fsp3) is 0.450. The molecule has 0 bridgehead atoms. The maximum absolute atomic E-state index is 5.50. The molecule has 6 nitrogen and oxygen atoms in total. The van der Waals surface area contributed by atoms with E-state index in [0.717, 1.165) is 50.7 Å². The van der Waals surface area contributed by atoms with Crippen LogP contribution in [0.3, 0.4) is 0 Å². The first-order chi connectivity index (χ1) is 12.8. The highest BCUT2D eigenvalue weighted by atomic mass is 16.5. The van der Waals surface area contributed by atoms with Crippen molar-refractivity contribution in [3.05, 3.63) is 66.3 Å². The molecule has 1 aliphatic rings. The third-order valence-electron chi connectivity index (χ3n) is 5.10. The Labute approximate surface area is 153 Å². The normalized spacial score (nSPS) is 16.7.